The number of carbonyl (C=O) groups is 1. The van der Waals surface area contributed by atoms with Crippen molar-refractivity contribution >= 4 is 11.9 Å². The van der Waals surface area contributed by atoms with Gasteiger partial charge >= 0.3 is 0 Å². The Kier molecular flexibility index (Phi) is 4.16. The average Bonchev–Trinajstić information content (AvgIpc) is 2.46. The monoisotopic (exact) mass is 254 g/mol. The SMILES string of the molecule is O=C(Nc1nccnn1)c1ccc(C#CCO)cc1. The minimum absolute atomic E-state index is 0.150. The maximum absolute atomic E-state index is 11.8. The van der Waals surface area contributed by atoms with Gasteiger partial charge in [-0.1, -0.05) is 11.8 Å². The molecule has 1 heterocycles. The summed E-state index contributed by atoms with van der Waals surface area (Å²) in [6, 6.07) is 6.66. The first kappa shape index (κ1) is 12.7. The Labute approximate surface area is 109 Å². The Bertz CT molecular complexity index is 615. The van der Waals surface area contributed by atoms with E-state index in [2.05, 4.69) is 32.3 Å². The predicted octanol–water partition coefficient (Wildman–Crippen LogP) is 0.468. The van der Waals surface area contributed by atoms with Crippen molar-refractivity contribution in [2.24, 2.45) is 0 Å². The van der Waals surface area contributed by atoms with Crippen LogP contribution in [0.25, 0.3) is 0 Å². The molecule has 2 N–H and O–H groups in total. The molecule has 19 heavy (non-hydrogen) atoms. The normalized spacial score (nSPS) is 9.32. The van der Waals surface area contributed by atoms with Gasteiger partial charge in [0.05, 0.1) is 12.4 Å². The van der Waals surface area contributed by atoms with Crippen LogP contribution >= 0.6 is 0 Å². The van der Waals surface area contributed by atoms with E-state index in [-0.39, 0.29) is 18.5 Å². The summed E-state index contributed by atoms with van der Waals surface area (Å²) in [5, 5.41) is 18.4. The van der Waals surface area contributed by atoms with E-state index >= 15 is 0 Å². The van der Waals surface area contributed by atoms with Crippen molar-refractivity contribution in [3.05, 3.63) is 47.8 Å². The second-order valence-electron chi connectivity index (χ2n) is 3.46. The van der Waals surface area contributed by atoms with Gasteiger partial charge < -0.3 is 5.11 Å². The molecule has 0 radical (unpaired) electrons. The van der Waals surface area contributed by atoms with Gasteiger partial charge in [0.15, 0.2) is 0 Å². The molecular formula is C13H10N4O2. The summed E-state index contributed by atoms with van der Waals surface area (Å²) in [5.41, 5.74) is 1.19. The summed E-state index contributed by atoms with van der Waals surface area (Å²) in [7, 11) is 0. The van der Waals surface area contributed by atoms with Gasteiger partial charge in [-0.05, 0) is 24.3 Å². The van der Waals surface area contributed by atoms with E-state index < -0.39 is 0 Å². The summed E-state index contributed by atoms with van der Waals surface area (Å²) in [5.74, 6) is 5.10. The lowest BCUT2D eigenvalue weighted by molar-refractivity contribution is 0.102. The third-order valence-electron chi connectivity index (χ3n) is 2.17. The highest BCUT2D eigenvalue weighted by molar-refractivity contribution is 6.03. The minimum Gasteiger partial charge on any atom is -0.384 e. The highest BCUT2D eigenvalue weighted by atomic mass is 16.2. The summed E-state index contributed by atoms with van der Waals surface area (Å²) < 4.78 is 0. The van der Waals surface area contributed by atoms with E-state index in [1.54, 1.807) is 24.3 Å². The van der Waals surface area contributed by atoms with E-state index in [1.165, 1.54) is 12.4 Å². The third-order valence-corrected chi connectivity index (χ3v) is 2.17. The number of carbonyl (C=O) groups excluding carboxylic acids is 1. The van der Waals surface area contributed by atoms with Gasteiger partial charge in [0.25, 0.3) is 5.91 Å². The molecule has 0 atom stereocenters. The molecule has 94 valence electrons. The number of aliphatic hydroxyl groups excluding tert-OH is 1. The van der Waals surface area contributed by atoms with E-state index in [0.717, 1.165) is 5.56 Å². The summed E-state index contributed by atoms with van der Waals surface area (Å²) in [4.78, 5) is 15.7. The molecule has 0 saturated heterocycles. The maximum Gasteiger partial charge on any atom is 0.258 e. The lowest BCUT2D eigenvalue weighted by Gasteiger charge is -2.02. The number of rotatable bonds is 2. The van der Waals surface area contributed by atoms with Crippen LogP contribution < -0.4 is 5.32 Å². The minimum atomic E-state index is -0.324. The summed E-state index contributed by atoms with van der Waals surface area (Å²) in [6.45, 7) is -0.194. The number of nitrogens with one attached hydrogen (secondary N) is 1. The van der Waals surface area contributed by atoms with E-state index in [0.29, 0.717) is 5.56 Å². The maximum atomic E-state index is 11.8. The number of hydrogen-bond acceptors (Lipinski definition) is 5. The van der Waals surface area contributed by atoms with Crippen LogP contribution in [0.3, 0.4) is 0 Å². The topological polar surface area (TPSA) is 88.0 Å². The molecule has 0 aliphatic carbocycles. The number of aliphatic hydroxyl groups is 1. The molecular weight excluding hydrogens is 244 g/mol. The van der Waals surface area contributed by atoms with Gasteiger partial charge in [0.1, 0.15) is 6.61 Å². The number of amides is 1. The molecule has 0 bridgehead atoms. The Hall–Kier alpha value is -2.78. The van der Waals surface area contributed by atoms with E-state index in [1.807, 2.05) is 0 Å². The van der Waals surface area contributed by atoms with Crippen molar-refractivity contribution in [3.63, 3.8) is 0 Å². The van der Waals surface area contributed by atoms with Crippen molar-refractivity contribution in [1.29, 1.82) is 0 Å². The van der Waals surface area contributed by atoms with Crippen molar-refractivity contribution in [2.75, 3.05) is 11.9 Å². The van der Waals surface area contributed by atoms with Crippen molar-refractivity contribution in [2.45, 2.75) is 0 Å². The van der Waals surface area contributed by atoms with Gasteiger partial charge in [-0.3, -0.25) is 10.1 Å². The van der Waals surface area contributed by atoms with Crippen LogP contribution in [0.2, 0.25) is 0 Å². The van der Waals surface area contributed by atoms with Crippen LogP contribution in [0.4, 0.5) is 5.95 Å². The molecule has 2 aromatic rings. The van der Waals surface area contributed by atoms with E-state index in [9.17, 15) is 4.79 Å². The van der Waals surface area contributed by atoms with Crippen LogP contribution in [0.15, 0.2) is 36.7 Å². The first-order valence-electron chi connectivity index (χ1n) is 5.44. The zero-order valence-electron chi connectivity index (χ0n) is 9.87. The fraction of sp³-hybridized carbons (Fsp3) is 0.0769. The van der Waals surface area contributed by atoms with Gasteiger partial charge in [0.2, 0.25) is 5.95 Å². The number of anilines is 1. The highest BCUT2D eigenvalue weighted by Crippen LogP contribution is 2.05. The zero-order chi connectivity index (χ0) is 13.5. The second-order valence-corrected chi connectivity index (χ2v) is 3.46. The van der Waals surface area contributed by atoms with Crippen LogP contribution in [0.5, 0.6) is 0 Å². The quantitative estimate of drug-likeness (QED) is 0.760. The average molecular weight is 254 g/mol. The van der Waals surface area contributed by atoms with E-state index in [4.69, 9.17) is 5.11 Å². The van der Waals surface area contributed by atoms with Gasteiger partial charge in [-0.15, -0.1) is 5.10 Å². The Morgan fingerprint density at radius 2 is 2.05 bits per heavy atom. The standard InChI is InChI=1S/C13H10N4O2/c18-9-1-2-10-3-5-11(6-4-10)12(19)16-13-14-7-8-15-17-13/h3-8,18H,9H2,(H,14,16,17,19). The molecule has 6 heteroatoms. The first-order valence-corrected chi connectivity index (χ1v) is 5.44. The van der Waals surface area contributed by atoms with Crippen molar-refractivity contribution in [3.8, 4) is 11.8 Å². The molecule has 1 amide bonds. The first-order chi connectivity index (χ1) is 9.29. The predicted molar refractivity (Wildman–Crippen MR) is 68.2 cm³/mol. The lowest BCUT2D eigenvalue weighted by Crippen LogP contribution is -2.14. The number of nitrogens with zero attached hydrogens (tertiary/aromatic N) is 3. The Morgan fingerprint density at radius 3 is 2.68 bits per heavy atom. The molecule has 0 aliphatic rings. The zero-order valence-corrected chi connectivity index (χ0v) is 9.87. The van der Waals surface area contributed by atoms with Crippen LogP contribution in [-0.2, 0) is 0 Å². The van der Waals surface area contributed by atoms with Gasteiger partial charge in [0, 0.05) is 11.1 Å². The fourth-order valence-corrected chi connectivity index (χ4v) is 1.33. The lowest BCUT2D eigenvalue weighted by atomic mass is 10.1. The van der Waals surface area contributed by atoms with Crippen molar-refractivity contribution < 1.29 is 9.90 Å². The second kappa shape index (κ2) is 6.23. The molecule has 0 spiro atoms. The summed E-state index contributed by atoms with van der Waals surface area (Å²) in [6.07, 6.45) is 2.86. The summed E-state index contributed by atoms with van der Waals surface area (Å²) >= 11 is 0. The molecule has 1 aromatic heterocycles. The molecule has 0 unspecified atom stereocenters. The molecule has 6 nitrogen and oxygen atoms in total. The van der Waals surface area contributed by atoms with Crippen LogP contribution in [-0.4, -0.2) is 32.8 Å². The van der Waals surface area contributed by atoms with Gasteiger partial charge in [-0.25, -0.2) is 4.98 Å². The third kappa shape index (κ3) is 3.59. The van der Waals surface area contributed by atoms with Crippen LogP contribution in [0, 0.1) is 11.8 Å². The number of benzene rings is 1. The molecule has 0 saturated carbocycles. The van der Waals surface area contributed by atoms with Crippen molar-refractivity contribution in [1.82, 2.24) is 15.2 Å². The molecule has 1 aromatic carbocycles. The fourth-order valence-electron chi connectivity index (χ4n) is 1.33. The number of aromatic nitrogens is 3. The Balaban J connectivity index is 2.08. The highest BCUT2D eigenvalue weighted by Gasteiger charge is 2.06. The number of hydrogen-bond donors (Lipinski definition) is 2. The molecule has 2 rings (SSSR count). The molecule has 0 aliphatic heterocycles. The van der Waals surface area contributed by atoms with Gasteiger partial charge in [-0.2, -0.15) is 5.10 Å². The van der Waals surface area contributed by atoms with Crippen LogP contribution in [0.1, 0.15) is 15.9 Å². The Morgan fingerprint density at radius 1 is 1.26 bits per heavy atom. The largest absolute Gasteiger partial charge is 0.384 e. The molecule has 0 fully saturated rings. The smallest absolute Gasteiger partial charge is 0.258 e.